The quantitative estimate of drug-likeness (QED) is 0.798. The molecule has 1 saturated heterocycles. The molecule has 0 saturated carbocycles. The van der Waals surface area contributed by atoms with Crippen LogP contribution >= 0.6 is 0 Å². The first-order valence-corrected chi connectivity index (χ1v) is 8.93. The minimum absolute atomic E-state index is 0.0890. The zero-order valence-corrected chi connectivity index (χ0v) is 14.8. The van der Waals surface area contributed by atoms with Gasteiger partial charge in [0.15, 0.2) is 0 Å². The van der Waals surface area contributed by atoms with Gasteiger partial charge in [0.25, 0.3) is 0 Å². The third kappa shape index (κ3) is 4.03. The number of benzene rings is 2. The smallest absolute Gasteiger partial charge is 0.115 e. The van der Waals surface area contributed by atoms with E-state index in [1.165, 1.54) is 11.1 Å². The minimum Gasteiger partial charge on any atom is -0.508 e. The van der Waals surface area contributed by atoms with Gasteiger partial charge in [0.05, 0.1) is 12.2 Å². The third-order valence-corrected chi connectivity index (χ3v) is 5.29. The lowest BCUT2D eigenvalue weighted by atomic mass is 9.89. The molecule has 1 aliphatic heterocycles. The number of phenols is 1. The Morgan fingerprint density at radius 1 is 1.04 bits per heavy atom. The van der Waals surface area contributed by atoms with Crippen LogP contribution < -0.4 is 0 Å². The van der Waals surface area contributed by atoms with E-state index in [0.717, 1.165) is 18.5 Å². The van der Waals surface area contributed by atoms with E-state index in [0.29, 0.717) is 6.42 Å². The molecule has 4 nitrogen and oxygen atoms in total. The first kappa shape index (κ1) is 17.9. The Kier molecular flexibility index (Phi) is 5.42. The van der Waals surface area contributed by atoms with Crippen molar-refractivity contribution in [3.05, 3.63) is 65.2 Å². The molecule has 4 heteroatoms. The summed E-state index contributed by atoms with van der Waals surface area (Å²) in [4.78, 5) is 2.29. The summed E-state index contributed by atoms with van der Waals surface area (Å²) in [7, 11) is 0. The van der Waals surface area contributed by atoms with E-state index in [9.17, 15) is 15.3 Å². The molecule has 3 N–H and O–H groups in total. The summed E-state index contributed by atoms with van der Waals surface area (Å²) < 4.78 is 0. The molecule has 4 atom stereocenters. The van der Waals surface area contributed by atoms with Crippen molar-refractivity contribution in [3.8, 4) is 5.75 Å². The molecule has 0 aromatic heterocycles. The molecule has 134 valence electrons. The van der Waals surface area contributed by atoms with Crippen LogP contribution in [-0.4, -0.2) is 38.9 Å². The molecule has 0 aliphatic carbocycles. The van der Waals surface area contributed by atoms with Gasteiger partial charge in [0.1, 0.15) is 5.75 Å². The third-order valence-electron chi connectivity index (χ3n) is 5.29. The van der Waals surface area contributed by atoms with Crippen LogP contribution in [0.5, 0.6) is 5.75 Å². The van der Waals surface area contributed by atoms with E-state index in [4.69, 9.17) is 0 Å². The van der Waals surface area contributed by atoms with Crippen molar-refractivity contribution in [1.29, 1.82) is 0 Å². The predicted molar refractivity (Wildman–Crippen MR) is 98.4 cm³/mol. The maximum absolute atomic E-state index is 10.8. The van der Waals surface area contributed by atoms with E-state index < -0.39 is 6.10 Å². The van der Waals surface area contributed by atoms with Gasteiger partial charge in [-0.3, -0.25) is 4.90 Å². The van der Waals surface area contributed by atoms with Crippen molar-refractivity contribution in [2.45, 2.75) is 51.0 Å². The molecule has 4 unspecified atom stereocenters. The molecule has 2 aromatic carbocycles. The van der Waals surface area contributed by atoms with Gasteiger partial charge in [-0.15, -0.1) is 0 Å². The zero-order chi connectivity index (χ0) is 18.0. The first-order valence-electron chi connectivity index (χ1n) is 8.93. The normalized spacial score (nSPS) is 24.0. The van der Waals surface area contributed by atoms with Gasteiger partial charge in [-0.05, 0) is 49.9 Å². The van der Waals surface area contributed by atoms with E-state index in [1.54, 1.807) is 24.3 Å². The van der Waals surface area contributed by atoms with E-state index in [2.05, 4.69) is 36.1 Å². The van der Waals surface area contributed by atoms with Crippen LogP contribution in [0.25, 0.3) is 0 Å². The van der Waals surface area contributed by atoms with Crippen LogP contribution in [0.1, 0.15) is 48.6 Å². The summed E-state index contributed by atoms with van der Waals surface area (Å²) in [6, 6.07) is 15.1. The summed E-state index contributed by atoms with van der Waals surface area (Å²) in [6.07, 6.45) is 0.439. The lowest BCUT2D eigenvalue weighted by molar-refractivity contribution is -0.0221. The molecule has 2 aromatic rings. The molecular weight excluding hydrogens is 314 g/mol. The molecule has 0 amide bonds. The highest BCUT2D eigenvalue weighted by Gasteiger charge is 2.34. The molecular formula is C21H27NO3. The van der Waals surface area contributed by atoms with Crippen LogP contribution in [0.2, 0.25) is 0 Å². The van der Waals surface area contributed by atoms with E-state index >= 15 is 0 Å². The van der Waals surface area contributed by atoms with Crippen molar-refractivity contribution in [2.75, 3.05) is 6.54 Å². The second-order valence-electron chi connectivity index (χ2n) is 7.12. The van der Waals surface area contributed by atoms with Gasteiger partial charge in [0.2, 0.25) is 0 Å². The van der Waals surface area contributed by atoms with Gasteiger partial charge < -0.3 is 15.3 Å². The predicted octanol–water partition coefficient (Wildman–Crippen LogP) is 3.32. The van der Waals surface area contributed by atoms with Crippen LogP contribution in [-0.2, 0) is 0 Å². The highest BCUT2D eigenvalue weighted by atomic mass is 16.3. The van der Waals surface area contributed by atoms with Gasteiger partial charge >= 0.3 is 0 Å². The zero-order valence-electron chi connectivity index (χ0n) is 14.8. The number of hydrogen-bond donors (Lipinski definition) is 3. The largest absolute Gasteiger partial charge is 0.508 e. The molecule has 3 rings (SSSR count). The van der Waals surface area contributed by atoms with Crippen LogP contribution in [0.15, 0.2) is 48.5 Å². The number of nitrogens with zero attached hydrogens (tertiary/aromatic N) is 1. The number of aliphatic hydroxyl groups excluding tert-OH is 2. The number of hydrogen-bond acceptors (Lipinski definition) is 4. The number of aliphatic hydroxyl groups is 2. The number of likely N-dealkylation sites (tertiary alicyclic amines) is 1. The summed E-state index contributed by atoms with van der Waals surface area (Å²) in [5.41, 5.74) is 3.18. The van der Waals surface area contributed by atoms with Gasteiger partial charge in [-0.25, -0.2) is 0 Å². The fourth-order valence-electron chi connectivity index (χ4n) is 3.70. The summed E-state index contributed by atoms with van der Waals surface area (Å²) in [5, 5.41) is 30.4. The SMILES string of the molecule is Cc1ccc(C2CC(O)CCN2C(C)C(O)c2ccc(O)cc2)cc1. The number of aryl methyl sites for hydroxylation is 1. The topological polar surface area (TPSA) is 63.9 Å². The molecule has 1 heterocycles. The van der Waals surface area contributed by atoms with Gasteiger partial charge in [-0.1, -0.05) is 42.0 Å². The number of rotatable bonds is 4. The first-order chi connectivity index (χ1) is 12.0. The fourth-order valence-corrected chi connectivity index (χ4v) is 3.70. The average molecular weight is 341 g/mol. The lowest BCUT2D eigenvalue weighted by Gasteiger charge is -2.43. The summed E-state index contributed by atoms with van der Waals surface area (Å²) >= 11 is 0. The van der Waals surface area contributed by atoms with Gasteiger partial charge in [0, 0.05) is 18.6 Å². The van der Waals surface area contributed by atoms with Crippen molar-refractivity contribution >= 4 is 0 Å². The van der Waals surface area contributed by atoms with Crippen molar-refractivity contribution < 1.29 is 15.3 Å². The van der Waals surface area contributed by atoms with Gasteiger partial charge in [-0.2, -0.15) is 0 Å². The van der Waals surface area contributed by atoms with Crippen LogP contribution in [0.4, 0.5) is 0 Å². The Hall–Kier alpha value is -1.88. The van der Waals surface area contributed by atoms with Crippen LogP contribution in [0.3, 0.4) is 0 Å². The highest BCUT2D eigenvalue weighted by molar-refractivity contribution is 5.29. The fraction of sp³-hybridized carbons (Fsp3) is 0.429. The average Bonchev–Trinajstić information content (AvgIpc) is 2.62. The monoisotopic (exact) mass is 341 g/mol. The van der Waals surface area contributed by atoms with Crippen molar-refractivity contribution in [3.63, 3.8) is 0 Å². The molecule has 0 radical (unpaired) electrons. The Morgan fingerprint density at radius 2 is 1.68 bits per heavy atom. The number of phenolic OH excluding ortho intramolecular Hbond substituents is 1. The maximum Gasteiger partial charge on any atom is 0.115 e. The number of piperidine rings is 1. The van der Waals surface area contributed by atoms with Crippen molar-refractivity contribution in [2.24, 2.45) is 0 Å². The highest BCUT2D eigenvalue weighted by Crippen LogP contribution is 2.36. The van der Waals surface area contributed by atoms with Crippen molar-refractivity contribution in [1.82, 2.24) is 4.90 Å². The minimum atomic E-state index is -0.649. The van der Waals surface area contributed by atoms with E-state index in [1.807, 2.05) is 6.92 Å². The molecule has 1 aliphatic rings. The summed E-state index contributed by atoms with van der Waals surface area (Å²) in [6.45, 7) is 4.83. The Balaban J connectivity index is 1.83. The lowest BCUT2D eigenvalue weighted by Crippen LogP contribution is -2.46. The Morgan fingerprint density at radius 3 is 2.32 bits per heavy atom. The molecule has 25 heavy (non-hydrogen) atoms. The summed E-state index contributed by atoms with van der Waals surface area (Å²) in [5.74, 6) is 0.197. The number of aromatic hydroxyl groups is 1. The second-order valence-corrected chi connectivity index (χ2v) is 7.12. The standard InChI is InChI=1S/C21H27NO3/c1-14-3-5-16(6-4-14)20-13-19(24)11-12-22(20)15(2)21(25)17-7-9-18(23)10-8-17/h3-10,15,19-21,23-25H,11-13H2,1-2H3. The second kappa shape index (κ2) is 7.56. The Labute approximate surface area is 149 Å². The van der Waals surface area contributed by atoms with Crippen LogP contribution in [0, 0.1) is 6.92 Å². The molecule has 0 bridgehead atoms. The Bertz CT molecular complexity index is 683. The molecule has 0 spiro atoms. The maximum atomic E-state index is 10.8. The van der Waals surface area contributed by atoms with E-state index in [-0.39, 0.29) is 23.9 Å². The molecule has 1 fully saturated rings.